The van der Waals surface area contributed by atoms with Gasteiger partial charge in [-0.2, -0.15) is 0 Å². The molecule has 0 aliphatic carbocycles. The summed E-state index contributed by atoms with van der Waals surface area (Å²) in [6.45, 7) is 0.912. The molecule has 0 radical (unpaired) electrons. The van der Waals surface area contributed by atoms with Crippen LogP contribution in [0.2, 0.25) is 0 Å². The van der Waals surface area contributed by atoms with Crippen LogP contribution in [-0.2, 0) is 4.79 Å². The molecule has 1 aliphatic rings. The first kappa shape index (κ1) is 13.9. The Bertz CT molecular complexity index is 429. The van der Waals surface area contributed by atoms with E-state index in [-0.39, 0.29) is 25.9 Å². The van der Waals surface area contributed by atoms with Gasteiger partial charge >= 0.3 is 0 Å². The molecule has 1 unspecified atom stereocenters. The van der Waals surface area contributed by atoms with E-state index in [1.54, 1.807) is 24.4 Å². The van der Waals surface area contributed by atoms with E-state index in [1.807, 2.05) is 4.90 Å². The van der Waals surface area contributed by atoms with E-state index in [2.05, 4.69) is 4.98 Å². The van der Waals surface area contributed by atoms with Crippen molar-refractivity contribution >= 4 is 5.91 Å². The Balaban J connectivity index is 2.01. The Morgan fingerprint density at radius 3 is 2.63 bits per heavy atom. The van der Waals surface area contributed by atoms with Crippen molar-refractivity contribution in [2.45, 2.75) is 24.7 Å². The molecule has 1 aliphatic heterocycles. The van der Waals surface area contributed by atoms with Crippen molar-refractivity contribution in [1.29, 1.82) is 0 Å². The molecular formula is C13H17F2N3O. The molecular weight excluding hydrogens is 252 g/mol. The minimum absolute atomic E-state index is 0.166. The number of alkyl halides is 2. The number of aromatic nitrogens is 1. The van der Waals surface area contributed by atoms with Gasteiger partial charge in [-0.25, -0.2) is 8.78 Å². The number of carbonyl (C=O) groups is 1. The SMILES string of the molecule is NC(=O)C(CN1CCC(F)(F)CC1)c1ccccn1. The van der Waals surface area contributed by atoms with Crippen LogP contribution in [0.1, 0.15) is 24.5 Å². The van der Waals surface area contributed by atoms with Gasteiger partial charge in [-0.15, -0.1) is 0 Å². The topological polar surface area (TPSA) is 59.2 Å². The maximum atomic E-state index is 13.1. The fraction of sp³-hybridized carbons (Fsp3) is 0.538. The number of pyridine rings is 1. The maximum Gasteiger partial charge on any atom is 0.250 e. The second-order valence-corrected chi connectivity index (χ2v) is 4.87. The van der Waals surface area contributed by atoms with Gasteiger partial charge in [-0.05, 0) is 12.1 Å². The van der Waals surface area contributed by atoms with E-state index in [1.165, 1.54) is 0 Å². The van der Waals surface area contributed by atoms with Crippen molar-refractivity contribution in [3.8, 4) is 0 Å². The third-order valence-electron chi connectivity index (χ3n) is 3.42. The minimum atomic E-state index is -2.58. The lowest BCUT2D eigenvalue weighted by Gasteiger charge is -2.33. The molecule has 1 saturated heterocycles. The first-order valence-corrected chi connectivity index (χ1v) is 6.28. The molecule has 0 spiro atoms. The number of piperidine rings is 1. The molecule has 2 rings (SSSR count). The minimum Gasteiger partial charge on any atom is -0.369 e. The zero-order valence-electron chi connectivity index (χ0n) is 10.6. The molecule has 1 atom stereocenters. The van der Waals surface area contributed by atoms with Crippen molar-refractivity contribution < 1.29 is 13.6 Å². The molecule has 2 N–H and O–H groups in total. The lowest BCUT2D eigenvalue weighted by atomic mass is 10.0. The first-order valence-electron chi connectivity index (χ1n) is 6.28. The van der Waals surface area contributed by atoms with Crippen LogP contribution in [0, 0.1) is 0 Å². The summed E-state index contributed by atoms with van der Waals surface area (Å²) in [5, 5.41) is 0. The maximum absolute atomic E-state index is 13.1. The molecule has 6 heteroatoms. The van der Waals surface area contributed by atoms with E-state index >= 15 is 0 Å². The first-order chi connectivity index (χ1) is 8.98. The Hall–Kier alpha value is -1.56. The van der Waals surface area contributed by atoms with Crippen molar-refractivity contribution in [1.82, 2.24) is 9.88 Å². The number of nitrogens with two attached hydrogens (primary N) is 1. The van der Waals surface area contributed by atoms with Gasteiger partial charge in [0.15, 0.2) is 0 Å². The van der Waals surface area contributed by atoms with E-state index in [4.69, 9.17) is 5.73 Å². The summed E-state index contributed by atoms with van der Waals surface area (Å²) in [5.41, 5.74) is 5.98. The summed E-state index contributed by atoms with van der Waals surface area (Å²) in [7, 11) is 0. The second kappa shape index (κ2) is 5.61. The highest BCUT2D eigenvalue weighted by molar-refractivity contribution is 5.81. The molecule has 1 amide bonds. The summed E-state index contributed by atoms with van der Waals surface area (Å²) >= 11 is 0. The van der Waals surface area contributed by atoms with E-state index in [9.17, 15) is 13.6 Å². The number of amides is 1. The van der Waals surface area contributed by atoms with Gasteiger partial charge in [0.1, 0.15) is 0 Å². The molecule has 0 bridgehead atoms. The number of likely N-dealkylation sites (tertiary alicyclic amines) is 1. The number of halogens is 2. The summed E-state index contributed by atoms with van der Waals surface area (Å²) in [4.78, 5) is 17.5. The molecule has 104 valence electrons. The summed E-state index contributed by atoms with van der Waals surface area (Å²) in [6.07, 6.45) is 1.26. The Morgan fingerprint density at radius 1 is 1.42 bits per heavy atom. The van der Waals surface area contributed by atoms with Crippen molar-refractivity contribution in [3.63, 3.8) is 0 Å². The standard InChI is InChI=1S/C13H17F2N3O/c14-13(15)4-7-18(8-5-13)9-10(12(16)19)11-3-1-2-6-17-11/h1-3,6,10H,4-5,7-9H2,(H2,16,19). The predicted octanol–water partition coefficient (Wildman–Crippen LogP) is 1.38. The fourth-order valence-corrected chi connectivity index (χ4v) is 2.23. The van der Waals surface area contributed by atoms with E-state index in [0.717, 1.165) is 0 Å². The molecule has 1 aromatic heterocycles. The number of rotatable bonds is 4. The van der Waals surface area contributed by atoms with Gasteiger partial charge in [0.05, 0.1) is 11.6 Å². The van der Waals surface area contributed by atoms with Crippen LogP contribution in [0.25, 0.3) is 0 Å². The smallest absolute Gasteiger partial charge is 0.250 e. The van der Waals surface area contributed by atoms with E-state index in [0.29, 0.717) is 12.2 Å². The molecule has 4 nitrogen and oxygen atoms in total. The predicted molar refractivity (Wildman–Crippen MR) is 66.8 cm³/mol. The highest BCUT2D eigenvalue weighted by Crippen LogP contribution is 2.28. The third kappa shape index (κ3) is 3.70. The Morgan fingerprint density at radius 2 is 2.11 bits per heavy atom. The van der Waals surface area contributed by atoms with Gasteiger partial charge in [0.2, 0.25) is 5.91 Å². The molecule has 0 saturated carbocycles. The average molecular weight is 269 g/mol. The van der Waals surface area contributed by atoms with Gasteiger partial charge in [-0.1, -0.05) is 6.07 Å². The summed E-state index contributed by atoms with van der Waals surface area (Å²) in [5.74, 6) is -3.60. The Kier molecular flexibility index (Phi) is 4.09. The number of nitrogens with zero attached hydrogens (tertiary/aromatic N) is 2. The number of hydrogen-bond acceptors (Lipinski definition) is 3. The van der Waals surface area contributed by atoms with Gasteiger partial charge in [-0.3, -0.25) is 9.78 Å². The average Bonchev–Trinajstić information content (AvgIpc) is 2.38. The summed E-state index contributed by atoms with van der Waals surface area (Å²) in [6, 6.07) is 5.26. The van der Waals surface area contributed by atoms with Crippen molar-refractivity contribution in [2.24, 2.45) is 5.73 Å². The van der Waals surface area contributed by atoms with Crippen LogP contribution in [0.3, 0.4) is 0 Å². The van der Waals surface area contributed by atoms with Gasteiger partial charge < -0.3 is 10.6 Å². The quantitative estimate of drug-likeness (QED) is 0.898. The highest BCUT2D eigenvalue weighted by Gasteiger charge is 2.35. The largest absolute Gasteiger partial charge is 0.369 e. The third-order valence-corrected chi connectivity index (χ3v) is 3.42. The zero-order chi connectivity index (χ0) is 13.9. The zero-order valence-corrected chi connectivity index (χ0v) is 10.6. The molecule has 1 fully saturated rings. The van der Waals surface area contributed by atoms with Crippen LogP contribution < -0.4 is 5.73 Å². The van der Waals surface area contributed by atoms with Crippen LogP contribution >= 0.6 is 0 Å². The number of hydrogen-bond donors (Lipinski definition) is 1. The van der Waals surface area contributed by atoms with Crippen molar-refractivity contribution in [2.75, 3.05) is 19.6 Å². The number of carbonyl (C=O) groups excluding carboxylic acids is 1. The lowest BCUT2D eigenvalue weighted by Crippen LogP contribution is -2.43. The van der Waals surface area contributed by atoms with Gasteiger partial charge in [0.25, 0.3) is 5.92 Å². The second-order valence-electron chi connectivity index (χ2n) is 4.87. The Labute approximate surface area is 110 Å². The molecule has 1 aromatic rings. The van der Waals surface area contributed by atoms with Crippen LogP contribution in [0.5, 0.6) is 0 Å². The highest BCUT2D eigenvalue weighted by atomic mass is 19.3. The summed E-state index contributed by atoms with van der Waals surface area (Å²) < 4.78 is 26.1. The van der Waals surface area contributed by atoms with Crippen molar-refractivity contribution in [3.05, 3.63) is 30.1 Å². The molecule has 19 heavy (non-hydrogen) atoms. The number of primary amides is 1. The van der Waals surface area contributed by atoms with Crippen LogP contribution in [0.4, 0.5) is 8.78 Å². The monoisotopic (exact) mass is 269 g/mol. The normalized spacial score (nSPS) is 20.9. The molecule has 0 aromatic carbocycles. The fourth-order valence-electron chi connectivity index (χ4n) is 2.23. The van der Waals surface area contributed by atoms with Crippen LogP contribution in [-0.4, -0.2) is 41.3 Å². The van der Waals surface area contributed by atoms with Gasteiger partial charge in [0, 0.05) is 38.7 Å². The lowest BCUT2D eigenvalue weighted by molar-refractivity contribution is -0.120. The molecule has 2 heterocycles. The van der Waals surface area contributed by atoms with E-state index < -0.39 is 17.7 Å². The van der Waals surface area contributed by atoms with Crippen LogP contribution in [0.15, 0.2) is 24.4 Å².